The molecule has 0 fully saturated rings. The van der Waals surface area contributed by atoms with Crippen LogP contribution in [0.5, 0.6) is 0 Å². The van der Waals surface area contributed by atoms with E-state index in [1.807, 2.05) is 48.5 Å². The fraction of sp³-hybridized carbons (Fsp3) is 0. The molecule has 5 aromatic rings. The Bertz CT molecular complexity index is 1640. The summed E-state index contributed by atoms with van der Waals surface area (Å²) in [4.78, 5) is 48.7. The number of carbonyl (C=O) groups is 4. The van der Waals surface area contributed by atoms with Crippen LogP contribution in [0.3, 0.4) is 0 Å². The van der Waals surface area contributed by atoms with Gasteiger partial charge in [0, 0.05) is 0 Å². The van der Waals surface area contributed by atoms with E-state index in [1.54, 1.807) is 0 Å². The number of rotatable bonds is 4. The van der Waals surface area contributed by atoms with Gasteiger partial charge in [0.15, 0.2) is 0 Å². The van der Waals surface area contributed by atoms with E-state index in [4.69, 9.17) is 11.5 Å². The van der Waals surface area contributed by atoms with Crippen LogP contribution < -0.4 is 11.5 Å². The number of carboxylic acids is 2. The summed E-state index contributed by atoms with van der Waals surface area (Å²) >= 11 is 0. The van der Waals surface area contributed by atoms with Gasteiger partial charge in [-0.1, -0.05) is 24.3 Å². The smallest absolute Gasteiger partial charge is 0.337 e. The van der Waals surface area contributed by atoms with Gasteiger partial charge < -0.3 is 21.7 Å². The fourth-order valence-electron chi connectivity index (χ4n) is 4.62. The second-order valence-corrected chi connectivity index (χ2v) is 7.98. The van der Waals surface area contributed by atoms with Crippen LogP contribution in [0, 0.1) is 0 Å². The Morgan fingerprint density at radius 1 is 0.500 bits per heavy atom. The molecule has 0 saturated carbocycles. The Balaban J connectivity index is 2.01. The topological polar surface area (TPSA) is 161 Å². The zero-order valence-electron chi connectivity index (χ0n) is 17.5. The van der Waals surface area contributed by atoms with Crippen LogP contribution in [-0.2, 0) is 0 Å². The Labute approximate surface area is 191 Å². The van der Waals surface area contributed by atoms with Crippen LogP contribution in [-0.4, -0.2) is 34.0 Å². The van der Waals surface area contributed by atoms with Crippen molar-refractivity contribution in [1.82, 2.24) is 0 Å². The number of fused-ring (bicyclic) bond motifs is 4. The highest BCUT2D eigenvalue weighted by molar-refractivity contribution is 6.26. The van der Waals surface area contributed by atoms with Gasteiger partial charge in [-0.25, -0.2) is 9.59 Å². The lowest BCUT2D eigenvalue weighted by Gasteiger charge is -2.16. The summed E-state index contributed by atoms with van der Waals surface area (Å²) in [5, 5.41) is 24.7. The molecule has 0 aliphatic rings. The van der Waals surface area contributed by atoms with Crippen molar-refractivity contribution in [3.63, 3.8) is 0 Å². The Morgan fingerprint density at radius 3 is 1.29 bits per heavy atom. The molecule has 0 heterocycles. The molecule has 0 bridgehead atoms. The van der Waals surface area contributed by atoms with Crippen molar-refractivity contribution in [3.8, 4) is 0 Å². The molecule has 5 aromatic carbocycles. The summed E-state index contributed by atoms with van der Waals surface area (Å²) in [5.41, 5.74) is 8.25. The molecule has 34 heavy (non-hydrogen) atoms. The van der Waals surface area contributed by atoms with E-state index in [-0.39, 0.29) is 10.8 Å². The molecule has 2 amide bonds. The van der Waals surface area contributed by atoms with E-state index >= 15 is 0 Å². The number of primary amides is 2. The first-order chi connectivity index (χ1) is 16.2. The van der Waals surface area contributed by atoms with Gasteiger partial charge in [0.25, 0.3) is 0 Å². The number of aromatic carboxylic acids is 2. The first-order valence-corrected chi connectivity index (χ1v) is 10.1. The average Bonchev–Trinajstić information content (AvgIpc) is 2.77. The SMILES string of the molecule is NC(=O)c1c(C(=O)O)c(C(=O)O)c2cc3cc4cc5ccccc5cc4cc3cc2c1C(N)=O. The first kappa shape index (κ1) is 20.9. The molecule has 166 valence electrons. The molecule has 0 aliphatic heterocycles. The number of hydrogen-bond acceptors (Lipinski definition) is 4. The van der Waals surface area contributed by atoms with Gasteiger partial charge >= 0.3 is 11.9 Å². The third kappa shape index (κ3) is 3.01. The summed E-state index contributed by atoms with van der Waals surface area (Å²) in [6.07, 6.45) is 0. The van der Waals surface area contributed by atoms with E-state index < -0.39 is 46.0 Å². The molecular weight excluding hydrogens is 436 g/mol. The standard InChI is InChI=1S/C26H16N2O6/c27-23(29)19-17-9-15-7-13-5-11-3-1-2-4-12(11)6-14(13)8-16(15)10-18(17)20(25(31)32)22(26(33)34)21(19)24(28)30/h1-10H,(H2,27,29)(H2,28,30)(H,31,32)(H,33,34). The predicted octanol–water partition coefficient (Wildman–Crippen LogP) is 3.89. The first-order valence-electron chi connectivity index (χ1n) is 10.1. The number of amides is 2. The van der Waals surface area contributed by atoms with E-state index in [9.17, 15) is 29.4 Å². The van der Waals surface area contributed by atoms with E-state index in [2.05, 4.69) is 0 Å². The van der Waals surface area contributed by atoms with Crippen LogP contribution in [0.2, 0.25) is 0 Å². The molecular formula is C26H16N2O6. The predicted molar refractivity (Wildman–Crippen MR) is 127 cm³/mol. The van der Waals surface area contributed by atoms with Crippen molar-refractivity contribution < 1.29 is 29.4 Å². The quantitative estimate of drug-likeness (QED) is 0.303. The highest BCUT2D eigenvalue weighted by Crippen LogP contribution is 2.36. The number of hydrogen-bond donors (Lipinski definition) is 4. The van der Waals surface area contributed by atoms with E-state index in [0.717, 1.165) is 21.5 Å². The van der Waals surface area contributed by atoms with Crippen molar-refractivity contribution in [2.24, 2.45) is 11.5 Å². The van der Waals surface area contributed by atoms with Gasteiger partial charge in [-0.15, -0.1) is 0 Å². The molecule has 0 saturated heterocycles. The number of benzene rings is 5. The summed E-state index contributed by atoms with van der Waals surface area (Å²) < 4.78 is 0. The lowest BCUT2D eigenvalue weighted by atomic mass is 9.86. The maximum absolute atomic E-state index is 12.4. The van der Waals surface area contributed by atoms with Crippen molar-refractivity contribution in [2.75, 3.05) is 0 Å². The highest BCUT2D eigenvalue weighted by Gasteiger charge is 2.32. The number of carboxylic acid groups (broad SMARTS) is 2. The zero-order valence-corrected chi connectivity index (χ0v) is 17.5. The summed E-state index contributed by atoms with van der Waals surface area (Å²) in [6, 6.07) is 18.6. The Morgan fingerprint density at radius 2 is 0.882 bits per heavy atom. The monoisotopic (exact) mass is 452 g/mol. The minimum absolute atomic E-state index is 0.0312. The molecule has 8 heteroatoms. The van der Waals surface area contributed by atoms with Crippen molar-refractivity contribution >= 4 is 66.8 Å². The molecule has 0 radical (unpaired) electrons. The summed E-state index contributed by atoms with van der Waals surface area (Å²) in [7, 11) is 0. The largest absolute Gasteiger partial charge is 0.478 e. The van der Waals surface area contributed by atoms with Gasteiger partial charge in [-0.2, -0.15) is 0 Å². The van der Waals surface area contributed by atoms with Gasteiger partial charge in [-0.3, -0.25) is 9.59 Å². The molecule has 5 rings (SSSR count). The minimum Gasteiger partial charge on any atom is -0.478 e. The minimum atomic E-state index is -1.71. The van der Waals surface area contributed by atoms with Crippen molar-refractivity contribution in [1.29, 1.82) is 0 Å². The molecule has 0 unspecified atom stereocenters. The van der Waals surface area contributed by atoms with Crippen LogP contribution in [0.25, 0.3) is 43.1 Å². The lowest BCUT2D eigenvalue weighted by molar-refractivity contribution is 0.0651. The summed E-state index contributed by atoms with van der Waals surface area (Å²) in [6.45, 7) is 0. The zero-order chi connectivity index (χ0) is 24.3. The maximum Gasteiger partial charge on any atom is 0.337 e. The second kappa shape index (κ2) is 7.28. The lowest BCUT2D eigenvalue weighted by Crippen LogP contribution is -2.26. The normalized spacial score (nSPS) is 11.3. The van der Waals surface area contributed by atoms with Crippen LogP contribution in [0.4, 0.5) is 0 Å². The Hall–Kier alpha value is -4.98. The van der Waals surface area contributed by atoms with Crippen LogP contribution in [0.15, 0.2) is 60.7 Å². The third-order valence-corrected chi connectivity index (χ3v) is 6.01. The summed E-state index contributed by atoms with van der Waals surface area (Å²) in [5.74, 6) is -5.64. The Kier molecular flexibility index (Phi) is 4.47. The molecule has 0 aromatic heterocycles. The van der Waals surface area contributed by atoms with Gasteiger partial charge in [0.05, 0.1) is 22.3 Å². The molecule has 6 N–H and O–H groups in total. The molecule has 8 nitrogen and oxygen atoms in total. The number of nitrogens with two attached hydrogens (primary N) is 2. The van der Waals surface area contributed by atoms with Crippen LogP contribution in [0.1, 0.15) is 41.4 Å². The molecule has 0 atom stereocenters. The fourth-order valence-corrected chi connectivity index (χ4v) is 4.62. The van der Waals surface area contributed by atoms with E-state index in [1.165, 1.54) is 12.1 Å². The van der Waals surface area contributed by atoms with Crippen molar-refractivity contribution in [3.05, 3.63) is 82.9 Å². The van der Waals surface area contributed by atoms with Gasteiger partial charge in [0.1, 0.15) is 0 Å². The van der Waals surface area contributed by atoms with Gasteiger partial charge in [0.2, 0.25) is 11.8 Å². The second-order valence-electron chi connectivity index (χ2n) is 7.98. The highest BCUT2D eigenvalue weighted by atomic mass is 16.4. The average molecular weight is 452 g/mol. The van der Waals surface area contributed by atoms with Crippen molar-refractivity contribution in [2.45, 2.75) is 0 Å². The molecule has 0 aliphatic carbocycles. The third-order valence-electron chi connectivity index (χ3n) is 6.01. The van der Waals surface area contributed by atoms with Crippen LogP contribution >= 0.6 is 0 Å². The maximum atomic E-state index is 12.4. The number of carbonyl (C=O) groups excluding carboxylic acids is 2. The van der Waals surface area contributed by atoms with E-state index in [0.29, 0.717) is 10.8 Å². The molecule has 0 spiro atoms. The van der Waals surface area contributed by atoms with Gasteiger partial charge in [-0.05, 0) is 79.5 Å².